The molecule has 1 heteroatoms. The van der Waals surface area contributed by atoms with Gasteiger partial charge in [0.05, 0.1) is 0 Å². The Hall–Kier alpha value is -2.80. The highest BCUT2D eigenvalue weighted by Crippen LogP contribution is 2.19. The summed E-state index contributed by atoms with van der Waals surface area (Å²) in [5, 5.41) is 5.79. The van der Waals surface area contributed by atoms with Gasteiger partial charge < -0.3 is 5.32 Å². The number of hydrogen-bond acceptors (Lipinski definition) is 1. The maximum atomic E-state index is 4.01. The van der Waals surface area contributed by atoms with Crippen LogP contribution in [0.4, 0.5) is 5.69 Å². The molecule has 26 heavy (non-hydrogen) atoms. The van der Waals surface area contributed by atoms with Crippen molar-refractivity contribution in [2.45, 2.75) is 26.7 Å². The summed E-state index contributed by atoms with van der Waals surface area (Å²) in [4.78, 5) is 0. The monoisotopic (exact) mass is 343 g/mol. The second kappa shape index (κ2) is 10.2. The molecular formula is C25H29N. The van der Waals surface area contributed by atoms with E-state index in [9.17, 15) is 0 Å². The Kier molecular flexibility index (Phi) is 7.70. The van der Waals surface area contributed by atoms with Crippen LogP contribution >= 0.6 is 0 Å². The van der Waals surface area contributed by atoms with E-state index in [1.165, 1.54) is 32.8 Å². The van der Waals surface area contributed by atoms with Crippen LogP contribution in [-0.2, 0) is 6.42 Å². The number of anilines is 1. The van der Waals surface area contributed by atoms with Gasteiger partial charge in [-0.15, -0.1) is 0 Å². The lowest BCUT2D eigenvalue weighted by Crippen LogP contribution is -2.25. The van der Waals surface area contributed by atoms with Crippen LogP contribution < -0.4 is 15.8 Å². The summed E-state index contributed by atoms with van der Waals surface area (Å²) >= 11 is 0. The van der Waals surface area contributed by atoms with Crippen molar-refractivity contribution in [1.82, 2.24) is 0 Å². The molecule has 0 saturated carbocycles. The number of para-hydroxylation sites is 1. The first-order valence-corrected chi connectivity index (χ1v) is 9.17. The van der Waals surface area contributed by atoms with Crippen LogP contribution in [0.5, 0.6) is 0 Å². The largest absolute Gasteiger partial charge is 0.388 e. The van der Waals surface area contributed by atoms with Crippen molar-refractivity contribution in [2.24, 2.45) is 0 Å². The Morgan fingerprint density at radius 1 is 1.04 bits per heavy atom. The Morgan fingerprint density at radius 2 is 1.77 bits per heavy atom. The maximum absolute atomic E-state index is 4.01. The van der Waals surface area contributed by atoms with Crippen molar-refractivity contribution in [2.75, 3.05) is 12.4 Å². The highest BCUT2D eigenvalue weighted by Gasteiger charge is 2.01. The molecule has 0 radical (unpaired) electrons. The summed E-state index contributed by atoms with van der Waals surface area (Å²) in [5.41, 5.74) is 5.06. The summed E-state index contributed by atoms with van der Waals surface area (Å²) in [6, 6.07) is 16.9. The van der Waals surface area contributed by atoms with Crippen LogP contribution in [0.2, 0.25) is 0 Å². The van der Waals surface area contributed by atoms with Crippen molar-refractivity contribution in [3.05, 3.63) is 101 Å². The molecule has 0 saturated heterocycles. The molecule has 0 aliphatic carbocycles. The van der Waals surface area contributed by atoms with Gasteiger partial charge in [-0.05, 0) is 59.9 Å². The SMILES string of the molecule is C=C/C(C/C=C\C(=C/C)Cc1ccccc1NC)=c1/cccc/c1=C/C. The smallest absolute Gasteiger partial charge is 0.0373 e. The standard InChI is InChI=1S/C25H29N/c1-5-20(19-23-15-9-11-18-25(23)26-4)13-12-16-22(7-3)24-17-10-8-14-21(24)6-2/h5-15,17-18,26H,3,16,19H2,1-2,4H3/b13-12-,20-5+,21-6-,24-22+. The molecule has 134 valence electrons. The molecule has 2 rings (SSSR count). The van der Waals surface area contributed by atoms with Crippen molar-refractivity contribution in [3.63, 3.8) is 0 Å². The third-order valence-electron chi connectivity index (χ3n) is 4.59. The number of hydrogen-bond donors (Lipinski definition) is 1. The summed E-state index contributed by atoms with van der Waals surface area (Å²) in [6.45, 7) is 8.19. The Labute approximate surface area is 157 Å². The van der Waals surface area contributed by atoms with Crippen LogP contribution in [0.15, 0.2) is 85.0 Å². The molecule has 0 atom stereocenters. The molecule has 0 amide bonds. The third-order valence-corrected chi connectivity index (χ3v) is 4.59. The van der Waals surface area contributed by atoms with Crippen molar-refractivity contribution >= 4 is 17.3 Å². The minimum atomic E-state index is 0.874. The maximum Gasteiger partial charge on any atom is 0.0373 e. The summed E-state index contributed by atoms with van der Waals surface area (Å²) < 4.78 is 0. The third kappa shape index (κ3) is 5.10. The molecule has 0 unspecified atom stereocenters. The fourth-order valence-corrected chi connectivity index (χ4v) is 3.08. The van der Waals surface area contributed by atoms with Crippen LogP contribution in [0.25, 0.3) is 11.6 Å². The van der Waals surface area contributed by atoms with Gasteiger partial charge in [0.15, 0.2) is 0 Å². The summed E-state index contributed by atoms with van der Waals surface area (Å²) in [5.74, 6) is 0. The van der Waals surface area contributed by atoms with Gasteiger partial charge in [-0.2, -0.15) is 0 Å². The first-order chi connectivity index (χ1) is 12.7. The van der Waals surface area contributed by atoms with E-state index in [2.05, 4.69) is 98.6 Å². The highest BCUT2D eigenvalue weighted by atomic mass is 14.8. The van der Waals surface area contributed by atoms with Crippen LogP contribution in [0.3, 0.4) is 0 Å². The molecule has 1 nitrogen and oxygen atoms in total. The fourth-order valence-electron chi connectivity index (χ4n) is 3.08. The van der Waals surface area contributed by atoms with Gasteiger partial charge in [0, 0.05) is 12.7 Å². The first-order valence-electron chi connectivity index (χ1n) is 9.17. The number of benzene rings is 2. The van der Waals surface area contributed by atoms with Gasteiger partial charge in [0.2, 0.25) is 0 Å². The first kappa shape index (κ1) is 19.5. The van der Waals surface area contributed by atoms with Crippen LogP contribution in [0.1, 0.15) is 25.8 Å². The zero-order valence-corrected chi connectivity index (χ0v) is 16.1. The average Bonchev–Trinajstić information content (AvgIpc) is 2.70. The molecule has 0 aliphatic heterocycles. The van der Waals surface area contributed by atoms with E-state index >= 15 is 0 Å². The molecule has 0 fully saturated rings. The Bertz CT molecular complexity index is 913. The normalized spacial score (nSPS) is 13.8. The molecule has 2 aromatic carbocycles. The molecular weight excluding hydrogens is 314 g/mol. The zero-order chi connectivity index (χ0) is 18.8. The number of allylic oxidation sites excluding steroid dienone is 5. The van der Waals surface area contributed by atoms with E-state index in [-0.39, 0.29) is 0 Å². The van der Waals surface area contributed by atoms with E-state index in [1.54, 1.807) is 0 Å². The van der Waals surface area contributed by atoms with Crippen molar-refractivity contribution in [3.8, 4) is 0 Å². The van der Waals surface area contributed by atoms with Gasteiger partial charge in [-0.3, -0.25) is 0 Å². The minimum Gasteiger partial charge on any atom is -0.388 e. The molecule has 0 aromatic heterocycles. The predicted molar refractivity (Wildman–Crippen MR) is 117 cm³/mol. The lowest BCUT2D eigenvalue weighted by atomic mass is 10.0. The van der Waals surface area contributed by atoms with E-state index < -0.39 is 0 Å². The Balaban J connectivity index is 2.21. The molecule has 0 heterocycles. The molecule has 0 bridgehead atoms. The van der Waals surface area contributed by atoms with Gasteiger partial charge >= 0.3 is 0 Å². The predicted octanol–water partition coefficient (Wildman–Crippen LogP) is 5.00. The number of rotatable bonds is 7. The van der Waals surface area contributed by atoms with Crippen LogP contribution in [-0.4, -0.2) is 7.05 Å². The minimum absolute atomic E-state index is 0.874. The van der Waals surface area contributed by atoms with E-state index in [0.717, 1.165) is 12.8 Å². The lowest BCUT2D eigenvalue weighted by molar-refractivity contribution is 1.18. The summed E-state index contributed by atoms with van der Waals surface area (Å²) in [6.07, 6.45) is 12.6. The van der Waals surface area contributed by atoms with E-state index in [4.69, 9.17) is 0 Å². The molecule has 1 N–H and O–H groups in total. The van der Waals surface area contributed by atoms with Crippen molar-refractivity contribution < 1.29 is 0 Å². The summed E-state index contributed by atoms with van der Waals surface area (Å²) in [7, 11) is 1.97. The van der Waals surface area contributed by atoms with E-state index in [1.807, 2.05) is 13.1 Å². The lowest BCUT2D eigenvalue weighted by Gasteiger charge is -2.09. The Morgan fingerprint density at radius 3 is 2.46 bits per heavy atom. The van der Waals surface area contributed by atoms with Gasteiger partial charge in [-0.1, -0.05) is 79.4 Å². The quantitative estimate of drug-likeness (QED) is 0.698. The molecule has 0 spiro atoms. The zero-order valence-electron chi connectivity index (χ0n) is 16.1. The molecule has 0 aliphatic rings. The topological polar surface area (TPSA) is 12.0 Å². The van der Waals surface area contributed by atoms with Crippen LogP contribution in [0, 0.1) is 0 Å². The average molecular weight is 344 g/mol. The van der Waals surface area contributed by atoms with Gasteiger partial charge in [0.25, 0.3) is 0 Å². The van der Waals surface area contributed by atoms with Gasteiger partial charge in [-0.25, -0.2) is 0 Å². The number of nitrogens with one attached hydrogen (secondary N) is 1. The fraction of sp³-hybridized carbons (Fsp3) is 0.200. The van der Waals surface area contributed by atoms with E-state index in [0.29, 0.717) is 0 Å². The van der Waals surface area contributed by atoms with Gasteiger partial charge in [0.1, 0.15) is 0 Å². The second-order valence-corrected chi connectivity index (χ2v) is 6.16. The highest BCUT2D eigenvalue weighted by molar-refractivity contribution is 5.58. The molecule has 2 aromatic rings. The second-order valence-electron chi connectivity index (χ2n) is 6.16. The van der Waals surface area contributed by atoms with Crippen molar-refractivity contribution in [1.29, 1.82) is 0 Å².